The van der Waals surface area contributed by atoms with Gasteiger partial charge in [0.25, 0.3) is 0 Å². The molecular formula is C23H24N2O2. The zero-order valence-corrected chi connectivity index (χ0v) is 15.4. The number of ether oxygens (including phenoxy) is 2. The van der Waals surface area contributed by atoms with Gasteiger partial charge in [0, 0.05) is 18.2 Å². The molecule has 4 aliphatic rings. The molecule has 5 rings (SSSR count). The summed E-state index contributed by atoms with van der Waals surface area (Å²) < 4.78 is 11.5. The van der Waals surface area contributed by atoms with Crippen molar-refractivity contribution >= 4 is 11.5 Å². The van der Waals surface area contributed by atoms with Gasteiger partial charge in [-0.1, -0.05) is 42.5 Å². The van der Waals surface area contributed by atoms with E-state index in [1.165, 1.54) is 5.57 Å². The van der Waals surface area contributed by atoms with E-state index in [4.69, 9.17) is 14.5 Å². The number of hydrogen-bond donors (Lipinski definition) is 0. The molecule has 0 aromatic heterocycles. The number of hydrogen-bond acceptors (Lipinski definition) is 3. The predicted octanol–water partition coefficient (Wildman–Crippen LogP) is 4.60. The molecule has 0 radical (unpaired) electrons. The van der Waals surface area contributed by atoms with Crippen molar-refractivity contribution in [2.24, 2.45) is 4.99 Å². The molecule has 2 heterocycles. The Morgan fingerprint density at radius 2 is 1.93 bits per heavy atom. The second-order valence-corrected chi connectivity index (χ2v) is 7.26. The zero-order valence-electron chi connectivity index (χ0n) is 15.4. The van der Waals surface area contributed by atoms with E-state index in [-0.39, 0.29) is 6.04 Å². The van der Waals surface area contributed by atoms with E-state index < -0.39 is 0 Å². The summed E-state index contributed by atoms with van der Waals surface area (Å²) in [4.78, 5) is 7.40. The number of allylic oxidation sites excluding steroid dienone is 4. The van der Waals surface area contributed by atoms with Crippen molar-refractivity contribution in [1.29, 1.82) is 0 Å². The van der Waals surface area contributed by atoms with Crippen molar-refractivity contribution in [3.8, 4) is 11.5 Å². The molecule has 2 atom stereocenters. The number of rotatable bonds is 3. The van der Waals surface area contributed by atoms with E-state index >= 15 is 0 Å². The van der Waals surface area contributed by atoms with Gasteiger partial charge in [0.1, 0.15) is 19.0 Å². The third-order valence-electron chi connectivity index (χ3n) is 5.45. The zero-order chi connectivity index (χ0) is 18.1. The number of amidine groups is 1. The van der Waals surface area contributed by atoms with Gasteiger partial charge in [0.05, 0.1) is 12.1 Å². The van der Waals surface area contributed by atoms with E-state index in [1.54, 1.807) is 0 Å². The Bertz CT molecular complexity index is 878. The van der Waals surface area contributed by atoms with Crippen LogP contribution >= 0.6 is 0 Å². The molecule has 27 heavy (non-hydrogen) atoms. The van der Waals surface area contributed by atoms with Gasteiger partial charge in [0.2, 0.25) is 0 Å². The van der Waals surface area contributed by atoms with Gasteiger partial charge >= 0.3 is 0 Å². The van der Waals surface area contributed by atoms with E-state index in [9.17, 15) is 0 Å². The molecule has 0 bridgehead atoms. The molecule has 0 amide bonds. The normalized spacial score (nSPS) is 27.5. The summed E-state index contributed by atoms with van der Waals surface area (Å²) >= 11 is 0. The molecule has 1 aromatic carbocycles. The first-order valence-electron chi connectivity index (χ1n) is 9.84. The molecule has 0 N–H and O–H groups in total. The van der Waals surface area contributed by atoms with Crippen LogP contribution in [0.4, 0.5) is 5.69 Å². The molecule has 2 aliphatic carbocycles. The van der Waals surface area contributed by atoms with Crippen molar-refractivity contribution in [3.63, 3.8) is 0 Å². The number of nitrogens with zero attached hydrogens (tertiary/aromatic N) is 2. The molecule has 0 spiro atoms. The third-order valence-corrected chi connectivity index (χ3v) is 5.45. The highest BCUT2D eigenvalue weighted by atomic mass is 16.6. The van der Waals surface area contributed by atoms with Crippen molar-refractivity contribution in [1.82, 2.24) is 0 Å². The maximum atomic E-state index is 5.81. The fourth-order valence-electron chi connectivity index (χ4n) is 4.06. The molecule has 2 unspecified atom stereocenters. The first kappa shape index (κ1) is 16.4. The smallest absolute Gasteiger partial charge is 0.163 e. The van der Waals surface area contributed by atoms with Crippen LogP contribution in [0.15, 0.2) is 71.3 Å². The summed E-state index contributed by atoms with van der Waals surface area (Å²) in [6.45, 7) is 1.22. The average Bonchev–Trinajstić information content (AvgIpc) is 2.72. The quantitative estimate of drug-likeness (QED) is 0.790. The molecule has 1 saturated heterocycles. The lowest BCUT2D eigenvalue weighted by molar-refractivity contribution is 0.171. The van der Waals surface area contributed by atoms with Gasteiger partial charge in [-0.05, 0) is 37.0 Å². The molecule has 0 saturated carbocycles. The Hall–Kier alpha value is -2.75. The number of aliphatic imine (C=N–C) groups is 1. The highest BCUT2D eigenvalue weighted by molar-refractivity contribution is 6.06. The monoisotopic (exact) mass is 360 g/mol. The summed E-state index contributed by atoms with van der Waals surface area (Å²) in [6, 6.07) is 6.83. The van der Waals surface area contributed by atoms with Crippen LogP contribution in [0.3, 0.4) is 0 Å². The van der Waals surface area contributed by atoms with Crippen LogP contribution in [0.5, 0.6) is 11.5 Å². The van der Waals surface area contributed by atoms with E-state index in [2.05, 4.69) is 59.6 Å². The average molecular weight is 360 g/mol. The van der Waals surface area contributed by atoms with Gasteiger partial charge in [-0.25, -0.2) is 0 Å². The summed E-state index contributed by atoms with van der Waals surface area (Å²) in [5, 5.41) is 0. The first-order chi connectivity index (χ1) is 13.4. The van der Waals surface area contributed by atoms with E-state index in [0.717, 1.165) is 48.7 Å². The van der Waals surface area contributed by atoms with Crippen LogP contribution in [0.25, 0.3) is 0 Å². The Labute approximate surface area is 160 Å². The van der Waals surface area contributed by atoms with Crippen LogP contribution in [-0.2, 0) is 0 Å². The molecule has 4 heteroatoms. The summed E-state index contributed by atoms with van der Waals surface area (Å²) in [5.41, 5.74) is 2.53. The second-order valence-electron chi connectivity index (χ2n) is 7.26. The Morgan fingerprint density at radius 1 is 1.00 bits per heavy atom. The van der Waals surface area contributed by atoms with E-state index in [0.29, 0.717) is 19.3 Å². The largest absolute Gasteiger partial charge is 0.486 e. The van der Waals surface area contributed by atoms with Crippen molar-refractivity contribution in [2.45, 2.75) is 37.8 Å². The summed E-state index contributed by atoms with van der Waals surface area (Å²) in [6.07, 6.45) is 19.7. The molecule has 2 aliphatic heterocycles. The Kier molecular flexibility index (Phi) is 4.32. The molecule has 138 valence electrons. The van der Waals surface area contributed by atoms with Gasteiger partial charge in [-0.3, -0.25) is 4.99 Å². The summed E-state index contributed by atoms with van der Waals surface area (Å²) in [7, 11) is 0. The molecule has 1 fully saturated rings. The fraction of sp³-hybridized carbons (Fsp3) is 0.348. The first-order valence-corrected chi connectivity index (χ1v) is 9.84. The number of anilines is 1. The van der Waals surface area contributed by atoms with Crippen LogP contribution in [0.1, 0.15) is 25.7 Å². The molecule has 1 aromatic rings. The minimum atomic E-state index is 0.238. The van der Waals surface area contributed by atoms with Crippen LogP contribution in [0.2, 0.25) is 0 Å². The molecule has 4 nitrogen and oxygen atoms in total. The standard InChI is InChI=1S/C23H24N2O2/c1-3-7-17(8-4-1)20-16-23(24-18-9-5-2-6-10-18)25(20)19-11-12-21-22(15-19)27-14-13-26-21/h2-3,5-9,11-12,15,18,20H,1,4,10,13-14,16H2/b24-23+. The SMILES string of the molecule is C1=CCC(/N=C2\CC(C3=CCCC=C3)N2c2ccc3c(c2)OCCO3)C=C1. The van der Waals surface area contributed by atoms with Crippen molar-refractivity contribution < 1.29 is 9.47 Å². The predicted molar refractivity (Wildman–Crippen MR) is 109 cm³/mol. The lowest BCUT2D eigenvalue weighted by atomic mass is 9.88. The maximum absolute atomic E-state index is 5.81. The summed E-state index contributed by atoms with van der Waals surface area (Å²) in [5.74, 6) is 2.82. The lowest BCUT2D eigenvalue weighted by Gasteiger charge is -2.45. The van der Waals surface area contributed by atoms with Gasteiger partial charge in [-0.15, -0.1) is 0 Å². The second kappa shape index (κ2) is 7.10. The Balaban J connectivity index is 1.47. The van der Waals surface area contributed by atoms with Crippen molar-refractivity contribution in [2.75, 3.05) is 18.1 Å². The highest BCUT2D eigenvalue weighted by Gasteiger charge is 2.38. The third kappa shape index (κ3) is 3.20. The maximum Gasteiger partial charge on any atom is 0.163 e. The number of fused-ring (bicyclic) bond motifs is 1. The number of benzene rings is 1. The lowest BCUT2D eigenvalue weighted by Crippen LogP contribution is -2.54. The topological polar surface area (TPSA) is 34.1 Å². The van der Waals surface area contributed by atoms with Crippen LogP contribution in [0, 0.1) is 0 Å². The minimum Gasteiger partial charge on any atom is -0.486 e. The minimum absolute atomic E-state index is 0.238. The fourth-order valence-corrected chi connectivity index (χ4v) is 4.06. The van der Waals surface area contributed by atoms with Crippen LogP contribution < -0.4 is 14.4 Å². The van der Waals surface area contributed by atoms with Gasteiger partial charge < -0.3 is 14.4 Å². The molecular weight excluding hydrogens is 336 g/mol. The van der Waals surface area contributed by atoms with E-state index in [1.807, 2.05) is 6.07 Å². The van der Waals surface area contributed by atoms with Crippen LogP contribution in [-0.4, -0.2) is 31.1 Å². The van der Waals surface area contributed by atoms with Gasteiger partial charge in [-0.2, -0.15) is 0 Å². The van der Waals surface area contributed by atoms with Crippen molar-refractivity contribution in [3.05, 3.63) is 66.3 Å². The van der Waals surface area contributed by atoms with Gasteiger partial charge in [0.15, 0.2) is 11.5 Å². The highest BCUT2D eigenvalue weighted by Crippen LogP contribution is 2.40. The Morgan fingerprint density at radius 3 is 2.74 bits per heavy atom.